The quantitative estimate of drug-likeness (QED) is 0.376. The Morgan fingerprint density at radius 2 is 1.77 bits per heavy atom. The van der Waals surface area contributed by atoms with Crippen molar-refractivity contribution < 1.29 is 9.53 Å². The van der Waals surface area contributed by atoms with Gasteiger partial charge in [0, 0.05) is 5.56 Å². The van der Waals surface area contributed by atoms with E-state index in [-0.39, 0.29) is 12.0 Å². The number of aromatic nitrogens is 4. The molecule has 0 amide bonds. The van der Waals surface area contributed by atoms with Gasteiger partial charge in [-0.3, -0.25) is 0 Å². The fraction of sp³-hybridized carbons (Fsp3) is 0.304. The van der Waals surface area contributed by atoms with Crippen LogP contribution in [-0.2, 0) is 4.74 Å². The van der Waals surface area contributed by atoms with E-state index in [1.54, 1.807) is 36.1 Å². The maximum Gasteiger partial charge on any atom is 0.337 e. The zero-order valence-corrected chi connectivity index (χ0v) is 18.1. The molecule has 4 aromatic rings. The number of benzene rings is 2. The standard InChI is InChI=1S/C23H24N4O2S/c1-4-15(5-2)21(27-13-24-25-14-27)18-10-11-19-20(12-18)30-22(26-19)16-6-8-17(9-7-16)23(28)29-3/h6-15,21H,4-5H2,1-3H3. The molecular weight excluding hydrogens is 396 g/mol. The van der Waals surface area contributed by atoms with E-state index >= 15 is 0 Å². The predicted molar refractivity (Wildman–Crippen MR) is 119 cm³/mol. The van der Waals surface area contributed by atoms with Crippen molar-refractivity contribution in [3.63, 3.8) is 0 Å². The Bertz CT molecular complexity index is 1130. The average molecular weight is 421 g/mol. The fourth-order valence-electron chi connectivity index (χ4n) is 3.89. The van der Waals surface area contributed by atoms with Crippen molar-refractivity contribution in [3.05, 3.63) is 66.2 Å². The number of carbonyl (C=O) groups excluding carboxylic acids is 1. The summed E-state index contributed by atoms with van der Waals surface area (Å²) < 4.78 is 8.02. The molecule has 4 rings (SSSR count). The Kier molecular flexibility index (Phi) is 5.90. The molecule has 1 unspecified atom stereocenters. The molecule has 0 aliphatic carbocycles. The first-order valence-electron chi connectivity index (χ1n) is 10.1. The maximum absolute atomic E-state index is 11.7. The van der Waals surface area contributed by atoms with Gasteiger partial charge in [-0.2, -0.15) is 0 Å². The Labute approximate surface area is 179 Å². The molecule has 0 saturated carbocycles. The number of esters is 1. The SMILES string of the molecule is CCC(CC)C(c1ccc2nc(-c3ccc(C(=O)OC)cc3)sc2c1)n1cnnc1. The van der Waals surface area contributed by atoms with Crippen molar-refractivity contribution in [1.82, 2.24) is 19.7 Å². The number of hydrogen-bond donors (Lipinski definition) is 0. The Hall–Kier alpha value is -3.06. The number of thiazole rings is 1. The first-order valence-corrected chi connectivity index (χ1v) is 10.9. The maximum atomic E-state index is 11.7. The lowest BCUT2D eigenvalue weighted by molar-refractivity contribution is 0.0601. The highest BCUT2D eigenvalue weighted by Crippen LogP contribution is 2.36. The van der Waals surface area contributed by atoms with Crippen LogP contribution in [0.3, 0.4) is 0 Å². The lowest BCUT2D eigenvalue weighted by Crippen LogP contribution is -2.19. The van der Waals surface area contributed by atoms with Gasteiger partial charge in [-0.1, -0.05) is 44.9 Å². The third kappa shape index (κ3) is 3.85. The molecular formula is C23H24N4O2S. The molecule has 0 saturated heterocycles. The van der Waals surface area contributed by atoms with Crippen LogP contribution in [0.15, 0.2) is 55.1 Å². The van der Waals surface area contributed by atoms with Gasteiger partial charge >= 0.3 is 5.97 Å². The van der Waals surface area contributed by atoms with E-state index in [2.05, 4.69) is 46.8 Å². The topological polar surface area (TPSA) is 69.9 Å². The van der Waals surface area contributed by atoms with Crippen LogP contribution in [0, 0.1) is 5.92 Å². The minimum Gasteiger partial charge on any atom is -0.465 e. The van der Waals surface area contributed by atoms with E-state index in [0.29, 0.717) is 11.5 Å². The lowest BCUT2D eigenvalue weighted by atomic mass is 9.88. The fourth-order valence-corrected chi connectivity index (χ4v) is 4.91. The zero-order valence-electron chi connectivity index (χ0n) is 17.3. The Morgan fingerprint density at radius 1 is 1.07 bits per heavy atom. The molecule has 2 aromatic carbocycles. The molecule has 154 valence electrons. The summed E-state index contributed by atoms with van der Waals surface area (Å²) in [6, 6.07) is 14.1. The van der Waals surface area contributed by atoms with E-state index in [1.165, 1.54) is 12.7 Å². The van der Waals surface area contributed by atoms with Crippen LogP contribution in [-0.4, -0.2) is 32.8 Å². The summed E-state index contributed by atoms with van der Waals surface area (Å²) in [5.74, 6) is 0.161. The van der Waals surface area contributed by atoms with Crippen molar-refractivity contribution >= 4 is 27.5 Å². The highest BCUT2D eigenvalue weighted by atomic mass is 32.1. The van der Waals surface area contributed by atoms with Crippen LogP contribution < -0.4 is 0 Å². The molecule has 6 nitrogen and oxygen atoms in total. The molecule has 7 heteroatoms. The summed E-state index contributed by atoms with van der Waals surface area (Å²) in [4.78, 5) is 16.5. The second kappa shape index (κ2) is 8.75. The van der Waals surface area contributed by atoms with Gasteiger partial charge in [0.25, 0.3) is 0 Å². The van der Waals surface area contributed by atoms with Gasteiger partial charge in [0.15, 0.2) is 0 Å². The minimum absolute atomic E-state index is 0.198. The van der Waals surface area contributed by atoms with Crippen LogP contribution in [0.4, 0.5) is 0 Å². The lowest BCUT2D eigenvalue weighted by Gasteiger charge is -2.26. The summed E-state index contributed by atoms with van der Waals surface area (Å²) in [5.41, 5.74) is 3.74. The van der Waals surface area contributed by atoms with E-state index in [0.717, 1.165) is 33.6 Å². The van der Waals surface area contributed by atoms with Crippen molar-refractivity contribution in [2.75, 3.05) is 7.11 Å². The number of nitrogens with zero attached hydrogens (tertiary/aromatic N) is 4. The van der Waals surface area contributed by atoms with E-state index in [1.807, 2.05) is 12.1 Å². The normalized spacial score (nSPS) is 12.4. The van der Waals surface area contributed by atoms with Crippen molar-refractivity contribution in [3.8, 4) is 10.6 Å². The van der Waals surface area contributed by atoms with Gasteiger partial charge in [0.2, 0.25) is 0 Å². The first-order chi connectivity index (χ1) is 14.6. The molecule has 2 heterocycles. The summed E-state index contributed by atoms with van der Waals surface area (Å²) in [6.07, 6.45) is 5.76. The summed E-state index contributed by atoms with van der Waals surface area (Å²) in [5, 5.41) is 8.98. The number of carbonyl (C=O) groups is 1. The van der Waals surface area contributed by atoms with Crippen molar-refractivity contribution in [2.45, 2.75) is 32.7 Å². The summed E-state index contributed by atoms with van der Waals surface area (Å²) in [6.45, 7) is 4.46. The van der Waals surface area contributed by atoms with Gasteiger partial charge < -0.3 is 9.30 Å². The van der Waals surface area contributed by atoms with Gasteiger partial charge in [-0.25, -0.2) is 9.78 Å². The van der Waals surface area contributed by atoms with Crippen molar-refractivity contribution in [2.24, 2.45) is 5.92 Å². The van der Waals surface area contributed by atoms with Crippen LogP contribution in [0.25, 0.3) is 20.8 Å². The Balaban J connectivity index is 1.70. The van der Waals surface area contributed by atoms with Crippen LogP contribution in [0.2, 0.25) is 0 Å². The highest BCUT2D eigenvalue weighted by molar-refractivity contribution is 7.21. The van der Waals surface area contributed by atoms with Gasteiger partial charge in [0.05, 0.1) is 28.9 Å². The molecule has 1 atom stereocenters. The van der Waals surface area contributed by atoms with E-state index in [9.17, 15) is 4.79 Å². The molecule has 0 aliphatic rings. The first kappa shape index (κ1) is 20.2. The van der Waals surface area contributed by atoms with Crippen LogP contribution in [0.1, 0.15) is 48.7 Å². The minimum atomic E-state index is -0.336. The number of methoxy groups -OCH3 is 1. The third-order valence-corrected chi connectivity index (χ3v) is 6.63. The molecule has 0 spiro atoms. The van der Waals surface area contributed by atoms with Crippen molar-refractivity contribution in [1.29, 1.82) is 0 Å². The van der Waals surface area contributed by atoms with E-state index in [4.69, 9.17) is 9.72 Å². The van der Waals surface area contributed by atoms with Gasteiger partial charge in [-0.15, -0.1) is 21.5 Å². The molecule has 2 aromatic heterocycles. The molecule has 0 bridgehead atoms. The molecule has 0 radical (unpaired) electrons. The second-order valence-corrected chi connectivity index (χ2v) is 8.28. The average Bonchev–Trinajstić information content (AvgIpc) is 3.46. The van der Waals surface area contributed by atoms with Crippen LogP contribution >= 0.6 is 11.3 Å². The highest BCUT2D eigenvalue weighted by Gasteiger charge is 2.23. The number of fused-ring (bicyclic) bond motifs is 1. The monoisotopic (exact) mass is 420 g/mol. The molecule has 0 fully saturated rings. The third-order valence-electron chi connectivity index (χ3n) is 5.56. The Morgan fingerprint density at radius 3 is 2.40 bits per heavy atom. The summed E-state index contributed by atoms with van der Waals surface area (Å²) >= 11 is 1.66. The summed E-state index contributed by atoms with van der Waals surface area (Å²) in [7, 11) is 1.39. The van der Waals surface area contributed by atoms with Gasteiger partial charge in [-0.05, 0) is 35.7 Å². The van der Waals surface area contributed by atoms with E-state index < -0.39 is 0 Å². The largest absolute Gasteiger partial charge is 0.465 e. The molecule has 0 aliphatic heterocycles. The zero-order chi connectivity index (χ0) is 21.1. The molecule has 30 heavy (non-hydrogen) atoms. The van der Waals surface area contributed by atoms with Crippen LogP contribution in [0.5, 0.6) is 0 Å². The second-order valence-electron chi connectivity index (χ2n) is 7.25. The van der Waals surface area contributed by atoms with Gasteiger partial charge in [0.1, 0.15) is 17.7 Å². The number of hydrogen-bond acceptors (Lipinski definition) is 6. The predicted octanol–water partition coefficient (Wildman–Crippen LogP) is 5.37. The smallest absolute Gasteiger partial charge is 0.337 e. The number of ether oxygens (including phenoxy) is 1. The molecule has 0 N–H and O–H groups in total. The number of rotatable bonds is 7.